The highest BCUT2D eigenvalue weighted by Crippen LogP contribution is 2.54. The fourth-order valence-corrected chi connectivity index (χ4v) is 2.62. The molecule has 2 heteroatoms. The van der Waals surface area contributed by atoms with Gasteiger partial charge in [-0.1, -0.05) is 36.7 Å². The van der Waals surface area contributed by atoms with Crippen molar-refractivity contribution in [1.82, 2.24) is 0 Å². The summed E-state index contributed by atoms with van der Waals surface area (Å²) in [5.74, 6) is 0. The standard InChI is InChI=1S/C8H17BrS/c1-8(2,3)10(4,5)7-6-9/h6-7H,1-5H3/b7-6+. The van der Waals surface area contributed by atoms with Crippen LogP contribution in [0, 0.1) is 0 Å². The molecule has 0 aromatic carbocycles. The molecule has 62 valence electrons. The second kappa shape index (κ2) is 3.31. The van der Waals surface area contributed by atoms with Crippen molar-refractivity contribution in [3.8, 4) is 0 Å². The van der Waals surface area contributed by atoms with Crippen LogP contribution < -0.4 is 0 Å². The van der Waals surface area contributed by atoms with Gasteiger partial charge >= 0.3 is 0 Å². The Labute approximate surface area is 74.5 Å². The van der Waals surface area contributed by atoms with Gasteiger partial charge in [-0.2, -0.15) is 0 Å². The van der Waals surface area contributed by atoms with Crippen LogP contribution in [0.25, 0.3) is 0 Å². The molecule has 0 saturated heterocycles. The predicted molar refractivity (Wildman–Crippen MR) is 57.3 cm³/mol. The van der Waals surface area contributed by atoms with Crippen molar-refractivity contribution in [3.05, 3.63) is 10.4 Å². The lowest BCUT2D eigenvalue weighted by molar-refractivity contribution is 0.793. The molecule has 0 N–H and O–H groups in total. The minimum atomic E-state index is -0.575. The Bertz CT molecular complexity index is 131. The van der Waals surface area contributed by atoms with Crippen LogP contribution in [0.15, 0.2) is 10.4 Å². The highest BCUT2D eigenvalue weighted by atomic mass is 79.9. The lowest BCUT2D eigenvalue weighted by Gasteiger charge is -2.41. The van der Waals surface area contributed by atoms with Gasteiger partial charge in [0.2, 0.25) is 0 Å². The van der Waals surface area contributed by atoms with E-state index < -0.39 is 10.0 Å². The number of hydrogen-bond acceptors (Lipinski definition) is 0. The van der Waals surface area contributed by atoms with Crippen molar-refractivity contribution in [2.75, 3.05) is 12.5 Å². The monoisotopic (exact) mass is 224 g/mol. The third-order valence-corrected chi connectivity index (χ3v) is 6.56. The Balaban J connectivity index is 4.40. The molecule has 0 aliphatic carbocycles. The Kier molecular flexibility index (Phi) is 3.50. The van der Waals surface area contributed by atoms with Gasteiger partial charge in [-0.15, -0.1) is 0 Å². The van der Waals surface area contributed by atoms with E-state index in [4.69, 9.17) is 0 Å². The van der Waals surface area contributed by atoms with Gasteiger partial charge in [0.1, 0.15) is 0 Å². The average Bonchev–Trinajstić information content (AvgIpc) is 1.61. The van der Waals surface area contributed by atoms with Gasteiger partial charge in [0.25, 0.3) is 0 Å². The second-order valence-electron chi connectivity index (χ2n) is 3.78. The van der Waals surface area contributed by atoms with E-state index in [0.29, 0.717) is 4.75 Å². The average molecular weight is 225 g/mol. The zero-order chi connectivity index (χ0) is 8.41. The molecule has 0 bridgehead atoms. The normalized spacial score (nSPS) is 16.2. The number of rotatable bonds is 1. The summed E-state index contributed by atoms with van der Waals surface area (Å²) in [4.78, 5) is 1.98. The highest BCUT2D eigenvalue weighted by molar-refractivity contribution is 9.11. The molecular formula is C8H17BrS. The van der Waals surface area contributed by atoms with Gasteiger partial charge < -0.3 is 0 Å². The summed E-state index contributed by atoms with van der Waals surface area (Å²) >= 11 is 3.32. The van der Waals surface area contributed by atoms with E-state index in [1.807, 2.05) is 4.99 Å². The van der Waals surface area contributed by atoms with Crippen LogP contribution in [0.5, 0.6) is 0 Å². The summed E-state index contributed by atoms with van der Waals surface area (Å²) in [6.07, 6.45) is 4.65. The molecule has 0 radical (unpaired) electrons. The summed E-state index contributed by atoms with van der Waals surface area (Å²) in [7, 11) is -0.575. The first kappa shape index (κ1) is 10.6. The third-order valence-electron chi connectivity index (χ3n) is 1.97. The van der Waals surface area contributed by atoms with E-state index >= 15 is 0 Å². The molecule has 0 fully saturated rings. The maximum absolute atomic E-state index is 3.32. The number of hydrogen-bond donors (Lipinski definition) is 0. The summed E-state index contributed by atoms with van der Waals surface area (Å²) in [5, 5.41) is 2.27. The molecule has 0 spiro atoms. The molecule has 0 aliphatic rings. The van der Waals surface area contributed by atoms with Gasteiger partial charge in [-0.25, -0.2) is 10.0 Å². The van der Waals surface area contributed by atoms with Crippen LogP contribution in [-0.2, 0) is 0 Å². The lowest BCUT2D eigenvalue weighted by atomic mass is 10.3. The quantitative estimate of drug-likeness (QED) is 0.638. The van der Waals surface area contributed by atoms with Crippen molar-refractivity contribution < 1.29 is 0 Å². The smallest absolute Gasteiger partial charge is 0.00541 e. The van der Waals surface area contributed by atoms with E-state index in [-0.39, 0.29) is 0 Å². The zero-order valence-electron chi connectivity index (χ0n) is 7.44. The van der Waals surface area contributed by atoms with E-state index in [1.165, 1.54) is 0 Å². The van der Waals surface area contributed by atoms with E-state index in [1.54, 1.807) is 0 Å². The summed E-state index contributed by atoms with van der Waals surface area (Å²) in [6, 6.07) is 0. The van der Waals surface area contributed by atoms with Gasteiger partial charge in [-0.3, -0.25) is 0 Å². The van der Waals surface area contributed by atoms with Crippen LogP contribution in [0.2, 0.25) is 0 Å². The molecule has 0 nitrogen and oxygen atoms in total. The van der Waals surface area contributed by atoms with Gasteiger partial charge in [0.15, 0.2) is 0 Å². The van der Waals surface area contributed by atoms with E-state index in [0.717, 1.165) is 0 Å². The lowest BCUT2D eigenvalue weighted by Crippen LogP contribution is -2.20. The van der Waals surface area contributed by atoms with E-state index in [9.17, 15) is 0 Å². The molecular weight excluding hydrogens is 208 g/mol. The topological polar surface area (TPSA) is 0 Å². The van der Waals surface area contributed by atoms with Crippen molar-refractivity contribution in [2.45, 2.75) is 25.5 Å². The Morgan fingerprint density at radius 3 is 1.70 bits per heavy atom. The first-order valence-electron chi connectivity index (χ1n) is 3.31. The van der Waals surface area contributed by atoms with Crippen molar-refractivity contribution in [3.63, 3.8) is 0 Å². The minimum absolute atomic E-state index is 0.414. The fourth-order valence-electron chi connectivity index (χ4n) is 0.333. The molecule has 0 saturated carbocycles. The zero-order valence-corrected chi connectivity index (χ0v) is 9.84. The second-order valence-corrected chi connectivity index (χ2v) is 8.62. The van der Waals surface area contributed by atoms with Gasteiger partial charge in [-0.05, 0) is 27.7 Å². The summed E-state index contributed by atoms with van der Waals surface area (Å²) in [5.41, 5.74) is 0. The Hall–Kier alpha value is 0.570. The Morgan fingerprint density at radius 1 is 1.20 bits per heavy atom. The van der Waals surface area contributed by atoms with Crippen LogP contribution >= 0.6 is 26.0 Å². The molecule has 0 aromatic rings. The van der Waals surface area contributed by atoms with Crippen LogP contribution in [0.3, 0.4) is 0 Å². The van der Waals surface area contributed by atoms with Crippen molar-refractivity contribution in [1.29, 1.82) is 0 Å². The summed E-state index contributed by atoms with van der Waals surface area (Å²) < 4.78 is 0.414. The fraction of sp³-hybridized carbons (Fsp3) is 0.750. The molecule has 0 amide bonds. The maximum atomic E-state index is 3.32. The molecule has 0 aromatic heterocycles. The summed E-state index contributed by atoms with van der Waals surface area (Å²) in [6.45, 7) is 6.86. The van der Waals surface area contributed by atoms with Gasteiger partial charge in [0, 0.05) is 0 Å². The van der Waals surface area contributed by atoms with Crippen LogP contribution in [-0.4, -0.2) is 17.3 Å². The minimum Gasteiger partial charge on any atom is -0.222 e. The first-order chi connectivity index (χ1) is 4.31. The van der Waals surface area contributed by atoms with Gasteiger partial charge in [0.05, 0.1) is 0 Å². The molecule has 10 heavy (non-hydrogen) atoms. The molecule has 0 aliphatic heterocycles. The van der Waals surface area contributed by atoms with Crippen molar-refractivity contribution >= 4 is 26.0 Å². The molecule has 0 atom stereocenters. The predicted octanol–water partition coefficient (Wildman–Crippen LogP) is 3.72. The van der Waals surface area contributed by atoms with Crippen molar-refractivity contribution in [2.24, 2.45) is 0 Å². The molecule has 0 heterocycles. The van der Waals surface area contributed by atoms with E-state index in [2.05, 4.69) is 54.6 Å². The third kappa shape index (κ3) is 2.67. The highest BCUT2D eigenvalue weighted by Gasteiger charge is 2.24. The largest absolute Gasteiger partial charge is 0.222 e. The number of halogens is 1. The molecule has 0 rings (SSSR count). The maximum Gasteiger partial charge on any atom is -0.00541 e. The van der Waals surface area contributed by atoms with Crippen LogP contribution in [0.1, 0.15) is 20.8 Å². The Morgan fingerprint density at radius 2 is 1.60 bits per heavy atom. The van der Waals surface area contributed by atoms with Crippen LogP contribution in [0.4, 0.5) is 0 Å². The first-order valence-corrected chi connectivity index (χ1v) is 6.74. The SMILES string of the molecule is CC(C)(C)S(C)(C)/C=C/Br. The molecule has 0 unspecified atom stereocenters.